The van der Waals surface area contributed by atoms with Crippen molar-refractivity contribution in [2.24, 2.45) is 7.05 Å². The van der Waals surface area contributed by atoms with Gasteiger partial charge in [-0.2, -0.15) is 13.2 Å². The number of benzene rings is 4. The molecule has 0 bridgehead atoms. The number of carbonyl (C=O) groups is 1. The minimum Gasteiger partial charge on any atom is -0.386 e. The molecule has 0 saturated carbocycles. The highest BCUT2D eigenvalue weighted by molar-refractivity contribution is 8.01. The van der Waals surface area contributed by atoms with Gasteiger partial charge in [0, 0.05) is 76.4 Å². The lowest BCUT2D eigenvalue weighted by atomic mass is 9.89. The monoisotopic (exact) mass is 934 g/mol. The molecule has 3 N–H and O–H groups in total. The van der Waals surface area contributed by atoms with Crippen LogP contribution in [0.3, 0.4) is 0 Å². The summed E-state index contributed by atoms with van der Waals surface area (Å²) in [4.78, 5) is 20.7. The van der Waals surface area contributed by atoms with E-state index in [0.717, 1.165) is 103 Å². The van der Waals surface area contributed by atoms with Crippen LogP contribution < -0.4 is 14.3 Å². The van der Waals surface area contributed by atoms with E-state index >= 15 is 0 Å². The normalized spacial score (nSPS) is 16.6. The summed E-state index contributed by atoms with van der Waals surface area (Å²) >= 11 is 8.32. The number of hydrogen-bond donors (Lipinski definition) is 3. The van der Waals surface area contributed by atoms with Crippen molar-refractivity contribution < 1.29 is 31.5 Å². The van der Waals surface area contributed by atoms with Crippen molar-refractivity contribution in [2.75, 3.05) is 53.6 Å². The van der Waals surface area contributed by atoms with E-state index in [1.807, 2.05) is 62.5 Å². The Bertz CT molecular complexity index is 2670. The third kappa shape index (κ3) is 9.46. The largest absolute Gasteiger partial charge is 0.501 e. The SMILES string of the molecule is Cc1c(C(=O)N2CC(C)(O)C2)c(C2=CCCC(N3CCN(c4ccc(NSc5ccc(NSc6ccccc6)c(S(=O)(=O)C(F)(F)F)c5)cc4)CC3)=C2)c(-c2ccc(Cl)cc2)n1C. The molecule has 2 fully saturated rings. The van der Waals surface area contributed by atoms with Crippen LogP contribution in [-0.4, -0.2) is 84.2 Å². The topological polar surface area (TPSA) is 110 Å². The van der Waals surface area contributed by atoms with Crippen LogP contribution in [0.15, 0.2) is 130 Å². The Hall–Kier alpha value is -5.00. The van der Waals surface area contributed by atoms with E-state index in [2.05, 4.69) is 36.0 Å². The number of nitrogens with one attached hydrogen (secondary N) is 2. The van der Waals surface area contributed by atoms with Crippen molar-refractivity contribution in [3.8, 4) is 11.3 Å². The van der Waals surface area contributed by atoms with Gasteiger partial charge in [0.15, 0.2) is 0 Å². The first-order chi connectivity index (χ1) is 30.0. The van der Waals surface area contributed by atoms with Crippen LogP contribution in [0.5, 0.6) is 0 Å². The highest BCUT2D eigenvalue weighted by atomic mass is 35.5. The van der Waals surface area contributed by atoms with E-state index < -0.39 is 25.8 Å². The number of anilines is 3. The smallest absolute Gasteiger partial charge is 0.386 e. The molecule has 8 rings (SSSR count). The number of nitrogens with zero attached hydrogens (tertiary/aromatic N) is 4. The van der Waals surface area contributed by atoms with Gasteiger partial charge < -0.3 is 33.8 Å². The van der Waals surface area contributed by atoms with Gasteiger partial charge in [0.25, 0.3) is 15.7 Å². The number of sulfone groups is 1. The molecule has 2 aliphatic heterocycles. The number of allylic oxidation sites excluding steroid dienone is 4. The molecular weight excluding hydrogens is 889 g/mol. The Kier molecular flexibility index (Phi) is 12.7. The molecule has 5 aromatic rings. The molecule has 2 saturated heterocycles. The van der Waals surface area contributed by atoms with Crippen LogP contribution in [0.25, 0.3) is 16.8 Å². The first-order valence-corrected chi connectivity index (χ1v) is 23.8. The second-order valence-electron chi connectivity index (χ2n) is 16.1. The third-order valence-electron chi connectivity index (χ3n) is 11.5. The van der Waals surface area contributed by atoms with Crippen molar-refractivity contribution in [1.29, 1.82) is 0 Å². The second kappa shape index (κ2) is 17.9. The fourth-order valence-electron chi connectivity index (χ4n) is 8.19. The third-order valence-corrected chi connectivity index (χ3v) is 15.0. The van der Waals surface area contributed by atoms with Gasteiger partial charge in [-0.05, 0) is 135 Å². The van der Waals surface area contributed by atoms with Crippen LogP contribution in [0.4, 0.5) is 30.2 Å². The average Bonchev–Trinajstić information content (AvgIpc) is 3.53. The van der Waals surface area contributed by atoms with E-state index in [1.54, 1.807) is 48.2 Å². The molecule has 0 spiro atoms. The quantitative estimate of drug-likeness (QED) is 0.105. The number of aromatic nitrogens is 1. The van der Waals surface area contributed by atoms with E-state index in [-0.39, 0.29) is 24.7 Å². The van der Waals surface area contributed by atoms with Gasteiger partial charge in [-0.25, -0.2) is 8.42 Å². The number of rotatable bonds is 12. The number of β-amino-alcohol motifs (C(OH)–C–C–N with tert-alkyl or cyclic N) is 1. The molecule has 330 valence electrons. The second-order valence-corrected chi connectivity index (χ2v) is 20.2. The molecule has 63 heavy (non-hydrogen) atoms. The number of hydrogen-bond acceptors (Lipinski definition) is 10. The summed E-state index contributed by atoms with van der Waals surface area (Å²) in [7, 11) is -3.66. The first kappa shape index (κ1) is 44.6. The number of piperazine rings is 1. The molecule has 1 aromatic heterocycles. The molecule has 10 nitrogen and oxygen atoms in total. The first-order valence-electron chi connectivity index (χ1n) is 20.3. The predicted octanol–water partition coefficient (Wildman–Crippen LogP) is 10.3. The Balaban J connectivity index is 0.938. The predicted molar refractivity (Wildman–Crippen MR) is 248 cm³/mol. The number of aliphatic hydroxyl groups is 1. The summed E-state index contributed by atoms with van der Waals surface area (Å²) in [6, 6.07) is 28.2. The fraction of sp³-hybridized carbons (Fsp3) is 0.283. The maximum absolute atomic E-state index is 14.1. The van der Waals surface area contributed by atoms with Crippen LogP contribution >= 0.6 is 35.5 Å². The van der Waals surface area contributed by atoms with E-state index in [1.165, 1.54) is 11.8 Å². The van der Waals surface area contributed by atoms with Crippen LogP contribution in [0.2, 0.25) is 5.02 Å². The van der Waals surface area contributed by atoms with Gasteiger partial charge in [-0.3, -0.25) is 4.79 Å². The number of halogens is 4. The Morgan fingerprint density at radius 1 is 0.857 bits per heavy atom. The summed E-state index contributed by atoms with van der Waals surface area (Å²) < 4.78 is 74.4. The fourth-order valence-corrected chi connectivity index (χ4v) is 10.8. The Labute approximate surface area is 379 Å². The molecule has 4 aromatic carbocycles. The van der Waals surface area contributed by atoms with Crippen molar-refractivity contribution in [3.05, 3.63) is 137 Å². The average molecular weight is 936 g/mol. The van der Waals surface area contributed by atoms with Crippen molar-refractivity contribution in [3.63, 3.8) is 0 Å². The van der Waals surface area contributed by atoms with Crippen molar-refractivity contribution in [1.82, 2.24) is 14.4 Å². The molecule has 0 radical (unpaired) electrons. The minimum absolute atomic E-state index is 0.0918. The summed E-state index contributed by atoms with van der Waals surface area (Å²) in [6.45, 7) is 7.41. The summed E-state index contributed by atoms with van der Waals surface area (Å²) in [5, 5.41) is 11.1. The molecule has 17 heteroatoms. The maximum atomic E-state index is 14.1. The van der Waals surface area contributed by atoms with E-state index in [0.29, 0.717) is 26.1 Å². The molecule has 1 amide bonds. The lowest BCUT2D eigenvalue weighted by Gasteiger charge is -2.44. The minimum atomic E-state index is -5.64. The summed E-state index contributed by atoms with van der Waals surface area (Å²) in [6.07, 6.45) is 6.13. The van der Waals surface area contributed by atoms with Gasteiger partial charge in [0.1, 0.15) is 4.90 Å². The van der Waals surface area contributed by atoms with Gasteiger partial charge in [-0.15, -0.1) is 0 Å². The molecule has 0 atom stereocenters. The Morgan fingerprint density at radius 3 is 2.16 bits per heavy atom. The number of alkyl halides is 3. The molecule has 3 heterocycles. The molecular formula is C46H46ClF3N6O4S3. The zero-order valence-electron chi connectivity index (χ0n) is 34.7. The van der Waals surface area contributed by atoms with Gasteiger partial charge in [0.2, 0.25) is 0 Å². The van der Waals surface area contributed by atoms with Crippen molar-refractivity contribution >= 4 is 73.9 Å². The maximum Gasteiger partial charge on any atom is 0.501 e. The van der Waals surface area contributed by atoms with Gasteiger partial charge >= 0.3 is 5.51 Å². The van der Waals surface area contributed by atoms with Gasteiger partial charge in [0.05, 0.1) is 35.6 Å². The lowest BCUT2D eigenvalue weighted by molar-refractivity contribution is -0.0669. The molecule has 0 unspecified atom stereocenters. The van der Waals surface area contributed by atoms with Crippen LogP contribution in [0, 0.1) is 6.92 Å². The zero-order chi connectivity index (χ0) is 44.7. The highest BCUT2D eigenvalue weighted by Crippen LogP contribution is 2.42. The van der Waals surface area contributed by atoms with Crippen LogP contribution in [-0.2, 0) is 16.9 Å². The van der Waals surface area contributed by atoms with E-state index in [4.69, 9.17) is 11.6 Å². The molecule has 1 aliphatic carbocycles. The number of likely N-dealkylation sites (tertiary alicyclic amines) is 1. The number of carbonyl (C=O) groups excluding carboxylic acids is 1. The van der Waals surface area contributed by atoms with Crippen LogP contribution in [0.1, 0.15) is 41.4 Å². The highest BCUT2D eigenvalue weighted by Gasteiger charge is 2.48. The Morgan fingerprint density at radius 2 is 1.51 bits per heavy atom. The molecule has 3 aliphatic rings. The zero-order valence-corrected chi connectivity index (χ0v) is 38.0. The van der Waals surface area contributed by atoms with Crippen molar-refractivity contribution in [2.45, 2.75) is 52.5 Å². The summed E-state index contributed by atoms with van der Waals surface area (Å²) in [5.41, 5.74) is 1.67. The standard InChI is InChI=1S/C46H46ClF3N6O4S3/c1-30-41(44(57)56-28-45(2,58)29-56)42(43(53(30)3)31-12-14-33(47)15-13-31)32-8-7-9-36(26-32)55-24-22-54(23-25-55)35-18-16-34(17-19-35)51-62-38-20-21-39(52-61-37-10-5-4-6-11-37)40(27-38)63(59,60)46(48,49)50/h4-6,8,10-21,26-27,51-52,58H,7,9,22-25,28-29H2,1-3H3. The lowest BCUT2D eigenvalue weighted by Crippen LogP contribution is -2.61. The number of amides is 1. The van der Waals surface area contributed by atoms with E-state index in [9.17, 15) is 31.5 Å². The summed E-state index contributed by atoms with van der Waals surface area (Å²) in [5.74, 6) is -0.0918. The van der Waals surface area contributed by atoms with Gasteiger partial charge in [-0.1, -0.05) is 48.0 Å².